The SMILES string of the molecule is Cc1ccc(Cl)cc1N1CCN(S(=O)(=O)c2ccccc2C#N)CC1. The van der Waals surface area contributed by atoms with Crippen LogP contribution in [0.2, 0.25) is 5.02 Å². The van der Waals surface area contributed by atoms with Crippen molar-refractivity contribution in [2.45, 2.75) is 11.8 Å². The molecule has 0 unspecified atom stereocenters. The maximum absolute atomic E-state index is 12.9. The van der Waals surface area contributed by atoms with Crippen molar-refractivity contribution >= 4 is 27.3 Å². The van der Waals surface area contributed by atoms with Gasteiger partial charge in [-0.05, 0) is 36.8 Å². The smallest absolute Gasteiger partial charge is 0.244 e. The number of piperazine rings is 1. The second-order valence-electron chi connectivity index (χ2n) is 5.93. The van der Waals surface area contributed by atoms with E-state index in [-0.39, 0.29) is 10.5 Å². The third-order valence-corrected chi connectivity index (χ3v) is 6.57. The Morgan fingerprint density at radius 2 is 1.76 bits per heavy atom. The first-order valence-corrected chi connectivity index (χ1v) is 9.75. The lowest BCUT2D eigenvalue weighted by atomic mass is 10.1. The second-order valence-corrected chi connectivity index (χ2v) is 8.27. The number of rotatable bonds is 3. The zero-order valence-corrected chi connectivity index (χ0v) is 15.4. The zero-order valence-electron chi connectivity index (χ0n) is 13.8. The highest BCUT2D eigenvalue weighted by atomic mass is 35.5. The summed E-state index contributed by atoms with van der Waals surface area (Å²) in [6.45, 7) is 3.91. The van der Waals surface area contributed by atoms with Crippen molar-refractivity contribution in [2.24, 2.45) is 0 Å². The van der Waals surface area contributed by atoms with Gasteiger partial charge in [-0.25, -0.2) is 8.42 Å². The van der Waals surface area contributed by atoms with E-state index in [1.165, 1.54) is 16.4 Å². The monoisotopic (exact) mass is 375 g/mol. The molecule has 2 aromatic rings. The van der Waals surface area contributed by atoms with Crippen molar-refractivity contribution in [3.05, 3.63) is 58.6 Å². The summed E-state index contributed by atoms with van der Waals surface area (Å²) >= 11 is 6.09. The molecule has 0 aliphatic carbocycles. The number of sulfonamides is 1. The van der Waals surface area contributed by atoms with Gasteiger partial charge in [0.25, 0.3) is 0 Å². The number of benzene rings is 2. The molecular formula is C18H18ClN3O2S. The summed E-state index contributed by atoms with van der Waals surface area (Å²) in [6.07, 6.45) is 0. The average molecular weight is 376 g/mol. The second kappa shape index (κ2) is 7.04. The summed E-state index contributed by atoms with van der Waals surface area (Å²) in [5, 5.41) is 9.84. The van der Waals surface area contributed by atoms with Crippen molar-refractivity contribution in [1.29, 1.82) is 5.26 Å². The zero-order chi connectivity index (χ0) is 18.0. The Labute approximate surface area is 153 Å². The van der Waals surface area contributed by atoms with E-state index in [1.807, 2.05) is 31.2 Å². The fourth-order valence-electron chi connectivity index (χ4n) is 3.02. The Hall–Kier alpha value is -2.07. The van der Waals surface area contributed by atoms with Crippen LogP contribution in [0.15, 0.2) is 47.4 Å². The Bertz CT molecular complexity index is 930. The van der Waals surface area contributed by atoms with Crippen molar-refractivity contribution in [3.63, 3.8) is 0 Å². The number of aryl methyl sites for hydroxylation is 1. The van der Waals surface area contributed by atoms with Gasteiger partial charge in [0.05, 0.1) is 10.5 Å². The summed E-state index contributed by atoms with van der Waals surface area (Å²) in [5.74, 6) is 0. The Morgan fingerprint density at radius 1 is 1.08 bits per heavy atom. The number of anilines is 1. The van der Waals surface area contributed by atoms with Gasteiger partial charge in [0.1, 0.15) is 6.07 Å². The molecule has 7 heteroatoms. The minimum atomic E-state index is -3.67. The third kappa shape index (κ3) is 3.49. The van der Waals surface area contributed by atoms with Gasteiger partial charge in [-0.2, -0.15) is 9.57 Å². The number of halogens is 1. The molecule has 3 rings (SSSR count). The van der Waals surface area contributed by atoms with Crippen molar-refractivity contribution in [3.8, 4) is 6.07 Å². The molecule has 0 atom stereocenters. The fourth-order valence-corrected chi connectivity index (χ4v) is 4.75. The molecule has 0 saturated carbocycles. The largest absolute Gasteiger partial charge is 0.369 e. The highest BCUT2D eigenvalue weighted by Gasteiger charge is 2.30. The highest BCUT2D eigenvalue weighted by Crippen LogP contribution is 2.27. The predicted octanol–water partition coefficient (Wildman–Crippen LogP) is 3.03. The summed E-state index contributed by atoms with van der Waals surface area (Å²) in [7, 11) is -3.67. The Balaban J connectivity index is 1.80. The van der Waals surface area contributed by atoms with E-state index in [9.17, 15) is 13.7 Å². The molecule has 2 aromatic carbocycles. The maximum atomic E-state index is 12.9. The van der Waals surface area contributed by atoms with E-state index in [0.29, 0.717) is 31.2 Å². The number of nitriles is 1. The molecule has 25 heavy (non-hydrogen) atoms. The van der Waals surface area contributed by atoms with E-state index < -0.39 is 10.0 Å². The topological polar surface area (TPSA) is 64.4 Å². The molecule has 0 amide bonds. The molecule has 1 saturated heterocycles. The molecule has 1 aliphatic rings. The van der Waals surface area contributed by atoms with Crippen LogP contribution in [0, 0.1) is 18.3 Å². The van der Waals surface area contributed by atoms with Crippen LogP contribution in [0.4, 0.5) is 5.69 Å². The molecule has 130 valence electrons. The number of nitrogens with zero attached hydrogens (tertiary/aromatic N) is 3. The van der Waals surface area contributed by atoms with Gasteiger partial charge in [0, 0.05) is 36.9 Å². The van der Waals surface area contributed by atoms with Crippen LogP contribution >= 0.6 is 11.6 Å². The lowest BCUT2D eigenvalue weighted by Gasteiger charge is -2.36. The van der Waals surface area contributed by atoms with Crippen LogP contribution < -0.4 is 4.90 Å². The minimum absolute atomic E-state index is 0.0740. The lowest BCUT2D eigenvalue weighted by molar-refractivity contribution is 0.384. The summed E-state index contributed by atoms with van der Waals surface area (Å²) in [5.41, 5.74) is 2.31. The molecule has 1 heterocycles. The van der Waals surface area contributed by atoms with E-state index in [0.717, 1.165) is 11.3 Å². The first kappa shape index (κ1) is 17.7. The molecule has 0 aromatic heterocycles. The van der Waals surface area contributed by atoms with Gasteiger partial charge in [0.15, 0.2) is 0 Å². The molecule has 0 bridgehead atoms. The molecule has 0 spiro atoms. The standard InChI is InChI=1S/C18H18ClN3O2S/c1-14-6-7-16(19)12-17(14)21-8-10-22(11-9-21)25(23,24)18-5-3-2-4-15(18)13-20/h2-7,12H,8-11H2,1H3. The first-order valence-electron chi connectivity index (χ1n) is 7.94. The Morgan fingerprint density at radius 3 is 2.44 bits per heavy atom. The van der Waals surface area contributed by atoms with Crippen LogP contribution in [0.5, 0.6) is 0 Å². The molecule has 0 N–H and O–H groups in total. The van der Waals surface area contributed by atoms with Crippen LogP contribution in [0.25, 0.3) is 0 Å². The predicted molar refractivity (Wildman–Crippen MR) is 98.3 cm³/mol. The molecule has 0 radical (unpaired) electrons. The van der Waals surface area contributed by atoms with Crippen LogP contribution in [0.3, 0.4) is 0 Å². The summed E-state index contributed by atoms with van der Waals surface area (Å²) in [6, 6.07) is 14.0. The summed E-state index contributed by atoms with van der Waals surface area (Å²) < 4.78 is 27.2. The summed E-state index contributed by atoms with van der Waals surface area (Å²) in [4.78, 5) is 2.22. The Kier molecular flexibility index (Phi) is 5.00. The van der Waals surface area contributed by atoms with Crippen LogP contribution in [0.1, 0.15) is 11.1 Å². The van der Waals surface area contributed by atoms with Crippen molar-refractivity contribution in [1.82, 2.24) is 4.31 Å². The normalized spacial score (nSPS) is 15.8. The maximum Gasteiger partial charge on any atom is 0.244 e. The van der Waals surface area contributed by atoms with E-state index in [1.54, 1.807) is 12.1 Å². The minimum Gasteiger partial charge on any atom is -0.369 e. The van der Waals surface area contributed by atoms with Gasteiger partial charge < -0.3 is 4.90 Å². The van der Waals surface area contributed by atoms with Gasteiger partial charge in [-0.1, -0.05) is 29.8 Å². The van der Waals surface area contributed by atoms with Crippen molar-refractivity contribution < 1.29 is 8.42 Å². The van der Waals surface area contributed by atoms with E-state index in [4.69, 9.17) is 11.6 Å². The highest BCUT2D eigenvalue weighted by molar-refractivity contribution is 7.89. The number of hydrogen-bond donors (Lipinski definition) is 0. The van der Waals surface area contributed by atoms with Gasteiger partial charge in [-0.3, -0.25) is 0 Å². The fraction of sp³-hybridized carbons (Fsp3) is 0.278. The number of hydrogen-bond acceptors (Lipinski definition) is 4. The quantitative estimate of drug-likeness (QED) is 0.827. The van der Waals surface area contributed by atoms with Crippen molar-refractivity contribution in [2.75, 3.05) is 31.1 Å². The molecule has 1 fully saturated rings. The molecule has 5 nitrogen and oxygen atoms in total. The van der Waals surface area contributed by atoms with Crippen LogP contribution in [-0.4, -0.2) is 38.9 Å². The first-order chi connectivity index (χ1) is 11.9. The van der Waals surface area contributed by atoms with Gasteiger partial charge in [0.2, 0.25) is 10.0 Å². The van der Waals surface area contributed by atoms with E-state index in [2.05, 4.69) is 4.90 Å². The van der Waals surface area contributed by atoms with Gasteiger partial charge in [-0.15, -0.1) is 0 Å². The lowest BCUT2D eigenvalue weighted by Crippen LogP contribution is -2.49. The molecule has 1 aliphatic heterocycles. The average Bonchev–Trinajstić information content (AvgIpc) is 2.63. The third-order valence-electron chi connectivity index (χ3n) is 4.38. The van der Waals surface area contributed by atoms with E-state index >= 15 is 0 Å². The van der Waals surface area contributed by atoms with Gasteiger partial charge >= 0.3 is 0 Å². The molecular weight excluding hydrogens is 358 g/mol. The van der Waals surface area contributed by atoms with Crippen LogP contribution in [-0.2, 0) is 10.0 Å².